The van der Waals surface area contributed by atoms with E-state index in [-0.39, 0.29) is 16.9 Å². The van der Waals surface area contributed by atoms with Crippen LogP contribution >= 0.6 is 0 Å². The molecule has 0 atom stereocenters. The summed E-state index contributed by atoms with van der Waals surface area (Å²) in [6.45, 7) is -3.02. The Hall–Kier alpha value is -2.11. The second-order valence-electron chi connectivity index (χ2n) is 3.95. The number of rotatable bonds is 3. The fraction of sp³-hybridized carbons (Fsp3) is 0.143. The number of alkyl halides is 5. The van der Waals surface area contributed by atoms with Crippen LogP contribution in [0.1, 0.15) is 5.56 Å². The lowest BCUT2D eigenvalue weighted by molar-refractivity contribution is -0.137. The Bertz CT molecular complexity index is 592. The van der Waals surface area contributed by atoms with Gasteiger partial charge in [-0.25, -0.2) is 0 Å². The molecule has 0 bridgehead atoms. The summed E-state index contributed by atoms with van der Waals surface area (Å²) in [4.78, 5) is 0. The van der Waals surface area contributed by atoms with Gasteiger partial charge in [0, 0.05) is 0 Å². The van der Waals surface area contributed by atoms with Crippen molar-refractivity contribution in [1.29, 1.82) is 0 Å². The summed E-state index contributed by atoms with van der Waals surface area (Å²) >= 11 is 0. The van der Waals surface area contributed by atoms with Crippen LogP contribution < -0.4 is 4.74 Å². The molecular weight excluding hydrogens is 279 g/mol. The average molecular weight is 288 g/mol. The number of halogens is 5. The van der Waals surface area contributed by atoms with Gasteiger partial charge in [-0.2, -0.15) is 22.0 Å². The van der Waals surface area contributed by atoms with E-state index in [1.807, 2.05) is 0 Å². The van der Waals surface area contributed by atoms with E-state index in [4.69, 9.17) is 0 Å². The van der Waals surface area contributed by atoms with E-state index >= 15 is 0 Å². The highest BCUT2D eigenvalue weighted by Gasteiger charge is 2.33. The van der Waals surface area contributed by atoms with Gasteiger partial charge in [0.25, 0.3) is 0 Å². The molecule has 2 rings (SSSR count). The highest BCUT2D eigenvalue weighted by atomic mass is 19.4. The number of hydrogen-bond acceptors (Lipinski definition) is 1. The summed E-state index contributed by atoms with van der Waals surface area (Å²) in [5.74, 6) is -0.186. The first-order valence-electron chi connectivity index (χ1n) is 5.59. The van der Waals surface area contributed by atoms with Crippen molar-refractivity contribution in [1.82, 2.24) is 0 Å². The zero-order valence-electron chi connectivity index (χ0n) is 9.99. The SMILES string of the molecule is FC(F)Oc1cccc(-c2ccccc2C(F)(F)F)c1. The zero-order chi connectivity index (χ0) is 14.8. The maximum Gasteiger partial charge on any atom is 0.417 e. The first-order chi connectivity index (χ1) is 9.38. The van der Waals surface area contributed by atoms with Crippen LogP contribution in [0.2, 0.25) is 0 Å². The van der Waals surface area contributed by atoms with Crippen LogP contribution in [-0.4, -0.2) is 6.61 Å². The van der Waals surface area contributed by atoms with Crippen LogP contribution in [0.4, 0.5) is 22.0 Å². The van der Waals surface area contributed by atoms with Crippen molar-refractivity contribution in [2.75, 3.05) is 0 Å². The molecule has 0 spiro atoms. The molecule has 2 aromatic rings. The molecule has 2 aromatic carbocycles. The van der Waals surface area contributed by atoms with E-state index in [0.717, 1.165) is 12.1 Å². The van der Waals surface area contributed by atoms with Gasteiger partial charge in [0.15, 0.2) is 0 Å². The van der Waals surface area contributed by atoms with Crippen molar-refractivity contribution in [3.05, 3.63) is 54.1 Å². The monoisotopic (exact) mass is 288 g/mol. The van der Waals surface area contributed by atoms with Gasteiger partial charge in [-0.15, -0.1) is 0 Å². The van der Waals surface area contributed by atoms with E-state index in [1.165, 1.54) is 36.4 Å². The molecule has 1 nitrogen and oxygen atoms in total. The predicted octanol–water partition coefficient (Wildman–Crippen LogP) is 4.97. The van der Waals surface area contributed by atoms with Crippen LogP contribution in [0.15, 0.2) is 48.5 Å². The minimum Gasteiger partial charge on any atom is -0.435 e. The second kappa shape index (κ2) is 5.48. The molecule has 0 saturated carbocycles. The molecule has 0 heterocycles. The number of benzene rings is 2. The topological polar surface area (TPSA) is 9.23 Å². The first-order valence-corrected chi connectivity index (χ1v) is 5.59. The minimum absolute atomic E-state index is 0.0836. The van der Waals surface area contributed by atoms with Gasteiger partial charge < -0.3 is 4.74 Å². The van der Waals surface area contributed by atoms with Crippen LogP contribution in [0.25, 0.3) is 11.1 Å². The van der Waals surface area contributed by atoms with Crippen molar-refractivity contribution in [2.45, 2.75) is 12.8 Å². The summed E-state index contributed by atoms with van der Waals surface area (Å²) in [5, 5.41) is 0. The van der Waals surface area contributed by atoms with Crippen LogP contribution in [0.5, 0.6) is 5.75 Å². The fourth-order valence-corrected chi connectivity index (χ4v) is 1.82. The van der Waals surface area contributed by atoms with Crippen LogP contribution in [0.3, 0.4) is 0 Å². The Morgan fingerprint density at radius 3 is 2.25 bits per heavy atom. The largest absolute Gasteiger partial charge is 0.435 e. The molecular formula is C14H9F5O. The lowest BCUT2D eigenvalue weighted by atomic mass is 9.99. The fourth-order valence-electron chi connectivity index (χ4n) is 1.82. The van der Waals surface area contributed by atoms with Crippen molar-refractivity contribution in [3.63, 3.8) is 0 Å². The standard InChI is InChI=1S/C14H9F5O/c15-13(16)20-10-5-3-4-9(8-10)11-6-1-2-7-12(11)14(17,18)19/h1-8,13H. The Labute approximate surface area is 111 Å². The molecule has 6 heteroatoms. The van der Waals surface area contributed by atoms with Crippen molar-refractivity contribution in [3.8, 4) is 16.9 Å². The van der Waals surface area contributed by atoms with E-state index in [1.54, 1.807) is 0 Å². The number of hydrogen-bond donors (Lipinski definition) is 0. The third kappa shape index (κ3) is 3.26. The summed E-state index contributed by atoms with van der Waals surface area (Å²) < 4.78 is 67.1. The smallest absolute Gasteiger partial charge is 0.417 e. The van der Waals surface area contributed by atoms with Gasteiger partial charge in [-0.3, -0.25) is 0 Å². The van der Waals surface area contributed by atoms with E-state index in [9.17, 15) is 22.0 Å². The average Bonchev–Trinajstić information content (AvgIpc) is 2.37. The Kier molecular flexibility index (Phi) is 3.92. The third-order valence-corrected chi connectivity index (χ3v) is 2.60. The van der Waals surface area contributed by atoms with Gasteiger partial charge >= 0.3 is 12.8 Å². The molecule has 0 aliphatic carbocycles. The third-order valence-electron chi connectivity index (χ3n) is 2.60. The molecule has 0 aromatic heterocycles. The highest BCUT2D eigenvalue weighted by molar-refractivity contribution is 5.69. The van der Waals surface area contributed by atoms with Crippen molar-refractivity contribution >= 4 is 0 Å². The molecule has 0 N–H and O–H groups in total. The molecule has 0 unspecified atom stereocenters. The van der Waals surface area contributed by atoms with Gasteiger partial charge in [-0.1, -0.05) is 30.3 Å². The summed E-state index contributed by atoms with van der Waals surface area (Å²) in [7, 11) is 0. The highest BCUT2D eigenvalue weighted by Crippen LogP contribution is 2.37. The van der Waals surface area contributed by atoms with Crippen molar-refractivity contribution in [2.24, 2.45) is 0 Å². The summed E-state index contributed by atoms with van der Waals surface area (Å²) in [5.41, 5.74) is -0.745. The zero-order valence-corrected chi connectivity index (χ0v) is 9.99. The maximum absolute atomic E-state index is 12.9. The van der Waals surface area contributed by atoms with Gasteiger partial charge in [0.1, 0.15) is 5.75 Å². The molecule has 0 aliphatic rings. The molecule has 20 heavy (non-hydrogen) atoms. The second-order valence-corrected chi connectivity index (χ2v) is 3.95. The van der Waals surface area contributed by atoms with E-state index < -0.39 is 18.4 Å². The minimum atomic E-state index is -4.52. The maximum atomic E-state index is 12.9. The van der Waals surface area contributed by atoms with Gasteiger partial charge in [0.05, 0.1) is 5.56 Å². The van der Waals surface area contributed by atoms with E-state index in [2.05, 4.69) is 4.74 Å². The van der Waals surface area contributed by atoms with E-state index in [0.29, 0.717) is 0 Å². The molecule has 0 saturated heterocycles. The molecule has 0 amide bonds. The predicted molar refractivity (Wildman–Crippen MR) is 63.5 cm³/mol. The van der Waals surface area contributed by atoms with Crippen molar-refractivity contribution < 1.29 is 26.7 Å². The Morgan fingerprint density at radius 1 is 0.900 bits per heavy atom. The summed E-state index contributed by atoms with van der Waals surface area (Å²) in [6.07, 6.45) is -4.52. The lowest BCUT2D eigenvalue weighted by Crippen LogP contribution is -2.07. The molecule has 0 fully saturated rings. The Balaban J connectivity index is 2.47. The first kappa shape index (κ1) is 14.3. The quantitative estimate of drug-likeness (QED) is 0.724. The Morgan fingerprint density at radius 2 is 1.60 bits per heavy atom. The normalized spacial score (nSPS) is 11.7. The van der Waals surface area contributed by atoms with Gasteiger partial charge in [-0.05, 0) is 29.3 Å². The molecule has 106 valence electrons. The van der Waals surface area contributed by atoms with Crippen LogP contribution in [-0.2, 0) is 6.18 Å². The lowest BCUT2D eigenvalue weighted by Gasteiger charge is -2.13. The molecule has 0 aliphatic heterocycles. The number of ether oxygens (including phenoxy) is 1. The molecule has 0 radical (unpaired) electrons. The van der Waals surface area contributed by atoms with Crippen LogP contribution in [0, 0.1) is 0 Å². The van der Waals surface area contributed by atoms with Gasteiger partial charge in [0.2, 0.25) is 0 Å². The summed E-state index contributed by atoms with van der Waals surface area (Å²) in [6, 6.07) is 10.1.